The van der Waals surface area contributed by atoms with Crippen LogP contribution in [0.4, 0.5) is 0 Å². The van der Waals surface area contributed by atoms with E-state index >= 15 is 0 Å². The molecular weight excluding hydrogens is 394 g/mol. The zero-order chi connectivity index (χ0) is 20.1. The van der Waals surface area contributed by atoms with Crippen molar-refractivity contribution < 1.29 is 13.2 Å². The highest BCUT2D eigenvalue weighted by molar-refractivity contribution is 8.00. The molecule has 1 saturated heterocycles. The van der Waals surface area contributed by atoms with Crippen molar-refractivity contribution in [3.63, 3.8) is 0 Å². The Hall–Kier alpha value is -1.74. The number of rotatable bonds is 7. The maximum Gasteiger partial charge on any atom is 0.244 e. The van der Waals surface area contributed by atoms with Crippen molar-refractivity contribution in [3.05, 3.63) is 54.2 Å². The van der Waals surface area contributed by atoms with Crippen LogP contribution >= 0.6 is 11.8 Å². The van der Waals surface area contributed by atoms with Crippen LogP contribution in [0.2, 0.25) is 0 Å². The number of ketones is 1. The third kappa shape index (κ3) is 5.20. The second-order valence-corrected chi connectivity index (χ2v) is 10.2. The largest absolute Gasteiger partial charge is 0.299 e. The third-order valence-electron chi connectivity index (χ3n) is 4.80. The first-order valence-electron chi connectivity index (χ1n) is 9.26. The molecule has 1 aliphatic rings. The summed E-state index contributed by atoms with van der Waals surface area (Å²) in [5, 5.41) is 0.446. The number of pyridine rings is 1. The number of hydrogen-bond donors (Lipinski definition) is 0. The van der Waals surface area contributed by atoms with Gasteiger partial charge < -0.3 is 0 Å². The van der Waals surface area contributed by atoms with Crippen molar-refractivity contribution >= 4 is 27.6 Å². The minimum atomic E-state index is -3.55. The number of carbonyl (C=O) groups excluding carboxylic acids is 1. The predicted octanol–water partition coefficient (Wildman–Crippen LogP) is 2.66. The van der Waals surface area contributed by atoms with Crippen molar-refractivity contribution in [1.29, 1.82) is 0 Å². The summed E-state index contributed by atoms with van der Waals surface area (Å²) in [4.78, 5) is 18.1. The summed E-state index contributed by atoms with van der Waals surface area (Å²) < 4.78 is 27.3. The van der Waals surface area contributed by atoms with Gasteiger partial charge in [0, 0.05) is 38.9 Å². The molecule has 0 amide bonds. The van der Waals surface area contributed by atoms with Crippen molar-refractivity contribution in [2.45, 2.75) is 35.6 Å². The highest BCUT2D eigenvalue weighted by Gasteiger charge is 2.28. The molecule has 6 nitrogen and oxygen atoms in total. The topological polar surface area (TPSA) is 70.6 Å². The lowest BCUT2D eigenvalue weighted by Crippen LogP contribution is -2.48. The Balaban J connectivity index is 1.60. The summed E-state index contributed by atoms with van der Waals surface area (Å²) in [7, 11) is -3.55. The Morgan fingerprint density at radius 3 is 2.36 bits per heavy atom. The van der Waals surface area contributed by atoms with Crippen molar-refractivity contribution in [2.24, 2.45) is 0 Å². The molecule has 0 bridgehead atoms. The molecule has 1 aromatic heterocycles. The van der Waals surface area contributed by atoms with E-state index in [4.69, 9.17) is 0 Å². The quantitative estimate of drug-likeness (QED) is 0.643. The van der Waals surface area contributed by atoms with Gasteiger partial charge in [0.2, 0.25) is 10.0 Å². The van der Waals surface area contributed by atoms with Crippen LogP contribution in [0.3, 0.4) is 0 Å². The van der Waals surface area contributed by atoms with Gasteiger partial charge in [0.1, 0.15) is 10.7 Å². The highest BCUT2D eigenvalue weighted by Crippen LogP contribution is 2.24. The number of benzene rings is 1. The minimum absolute atomic E-state index is 0.0665. The molecule has 0 spiro atoms. The summed E-state index contributed by atoms with van der Waals surface area (Å²) in [5.74, 6) is 0.0665. The van der Waals surface area contributed by atoms with E-state index in [-0.39, 0.29) is 15.9 Å². The number of carbonyl (C=O) groups is 1. The summed E-state index contributed by atoms with van der Waals surface area (Å²) in [6.45, 7) is 6.51. The zero-order valence-electron chi connectivity index (χ0n) is 16.1. The lowest BCUT2D eigenvalue weighted by atomic mass is 10.2. The molecule has 1 atom stereocenters. The second kappa shape index (κ2) is 9.17. The van der Waals surface area contributed by atoms with Gasteiger partial charge in [-0.05, 0) is 31.5 Å². The van der Waals surface area contributed by atoms with Gasteiger partial charge >= 0.3 is 0 Å². The second-order valence-electron chi connectivity index (χ2n) is 6.87. The summed E-state index contributed by atoms with van der Waals surface area (Å²) >= 11 is 1.33. The smallest absolute Gasteiger partial charge is 0.244 e. The molecule has 1 aliphatic heterocycles. The van der Waals surface area contributed by atoms with E-state index in [1.807, 2.05) is 25.1 Å². The molecule has 3 rings (SSSR count). The van der Waals surface area contributed by atoms with Gasteiger partial charge in [0.25, 0.3) is 0 Å². The van der Waals surface area contributed by atoms with Crippen LogP contribution in [-0.2, 0) is 21.4 Å². The van der Waals surface area contributed by atoms with E-state index in [1.165, 1.54) is 34.8 Å². The fourth-order valence-electron chi connectivity index (χ4n) is 2.97. The molecule has 1 fully saturated rings. The van der Waals surface area contributed by atoms with E-state index in [0.29, 0.717) is 31.2 Å². The Morgan fingerprint density at radius 2 is 1.79 bits per heavy atom. The number of sulfonamides is 1. The average molecular weight is 420 g/mol. The van der Waals surface area contributed by atoms with Gasteiger partial charge in [0.05, 0.1) is 10.3 Å². The molecule has 150 valence electrons. The Kier molecular flexibility index (Phi) is 6.87. The third-order valence-corrected chi connectivity index (χ3v) is 7.85. The summed E-state index contributed by atoms with van der Waals surface area (Å²) in [6, 6.07) is 13.4. The first-order chi connectivity index (χ1) is 13.4. The summed E-state index contributed by atoms with van der Waals surface area (Å²) in [6.07, 6.45) is 1.39. The number of thioether (sulfide) groups is 1. The fraction of sp³-hybridized carbons (Fsp3) is 0.400. The molecule has 2 heterocycles. The fourth-order valence-corrected chi connectivity index (χ4v) is 5.13. The monoisotopic (exact) mass is 419 g/mol. The number of hydrogen-bond acceptors (Lipinski definition) is 6. The molecule has 0 radical (unpaired) electrons. The van der Waals surface area contributed by atoms with E-state index in [1.54, 1.807) is 12.1 Å². The van der Waals surface area contributed by atoms with E-state index in [0.717, 1.165) is 6.54 Å². The molecule has 8 heteroatoms. The normalized spacial score (nSPS) is 17.4. The van der Waals surface area contributed by atoms with Gasteiger partial charge in [-0.3, -0.25) is 9.69 Å². The van der Waals surface area contributed by atoms with Gasteiger partial charge in [0.15, 0.2) is 0 Å². The van der Waals surface area contributed by atoms with Gasteiger partial charge in [-0.15, -0.1) is 0 Å². The minimum Gasteiger partial charge on any atom is -0.299 e. The van der Waals surface area contributed by atoms with Crippen LogP contribution < -0.4 is 0 Å². The Bertz CT molecular complexity index is 894. The number of piperazine rings is 1. The van der Waals surface area contributed by atoms with E-state index < -0.39 is 10.0 Å². The van der Waals surface area contributed by atoms with Crippen LogP contribution in [0.15, 0.2) is 58.6 Å². The standard InChI is InChI=1S/C20H25N3O3S2/c1-16(24)17(2)27-20-9-8-19(14-21-20)28(25,26)23-12-10-22(11-13-23)15-18-6-4-3-5-7-18/h3-9,14,17H,10-13,15H2,1-2H3. The lowest BCUT2D eigenvalue weighted by molar-refractivity contribution is -0.116. The van der Waals surface area contributed by atoms with E-state index in [9.17, 15) is 13.2 Å². The maximum atomic E-state index is 12.9. The van der Waals surface area contributed by atoms with Crippen LogP contribution in [0.25, 0.3) is 0 Å². The van der Waals surface area contributed by atoms with Crippen molar-refractivity contribution in [3.8, 4) is 0 Å². The number of Topliss-reactive ketones (excluding diaryl/α,β-unsaturated/α-hetero) is 1. The molecule has 0 aliphatic carbocycles. The molecule has 28 heavy (non-hydrogen) atoms. The number of nitrogens with zero attached hydrogens (tertiary/aromatic N) is 3. The van der Waals surface area contributed by atoms with Gasteiger partial charge in [-0.25, -0.2) is 13.4 Å². The van der Waals surface area contributed by atoms with E-state index in [2.05, 4.69) is 22.0 Å². The zero-order valence-corrected chi connectivity index (χ0v) is 17.7. The highest BCUT2D eigenvalue weighted by atomic mass is 32.2. The Labute approximate surface area is 171 Å². The van der Waals surface area contributed by atoms with Crippen molar-refractivity contribution in [1.82, 2.24) is 14.2 Å². The molecule has 0 N–H and O–H groups in total. The first kappa shape index (κ1) is 21.0. The molecule has 2 aromatic rings. The van der Waals surface area contributed by atoms with Crippen molar-refractivity contribution in [2.75, 3.05) is 26.2 Å². The molecular formula is C20H25N3O3S2. The molecule has 0 saturated carbocycles. The number of aromatic nitrogens is 1. The SMILES string of the molecule is CC(=O)C(C)Sc1ccc(S(=O)(=O)N2CCN(Cc3ccccc3)CC2)cn1. The van der Waals surface area contributed by atoms with Crippen LogP contribution in [-0.4, -0.2) is 59.8 Å². The Morgan fingerprint density at radius 1 is 1.11 bits per heavy atom. The van der Waals surface area contributed by atoms with Crippen LogP contribution in [0, 0.1) is 0 Å². The first-order valence-corrected chi connectivity index (χ1v) is 11.6. The average Bonchev–Trinajstić information content (AvgIpc) is 2.69. The molecule has 1 aromatic carbocycles. The lowest BCUT2D eigenvalue weighted by Gasteiger charge is -2.33. The van der Waals surface area contributed by atoms with Gasteiger partial charge in [-0.1, -0.05) is 42.1 Å². The summed E-state index contributed by atoms with van der Waals surface area (Å²) in [5.41, 5.74) is 1.23. The maximum absolute atomic E-state index is 12.9. The van der Waals surface area contributed by atoms with Gasteiger partial charge in [-0.2, -0.15) is 4.31 Å². The predicted molar refractivity (Wildman–Crippen MR) is 111 cm³/mol. The van der Waals surface area contributed by atoms with Crippen LogP contribution in [0.5, 0.6) is 0 Å². The van der Waals surface area contributed by atoms with Crippen LogP contribution in [0.1, 0.15) is 19.4 Å². The molecule has 1 unspecified atom stereocenters.